The standard InChI is InChI=1S/C14H13F3N2O5S2/c1-3-23-12(20)11-8(2)18-13(25-11)24-10-6-4-9(5-7-10)19-26(21,22)14(15,16)17/h4-7,19H,3H2,1-2H3. The molecule has 0 bridgehead atoms. The number of hydrogen-bond acceptors (Lipinski definition) is 7. The van der Waals surface area contributed by atoms with Gasteiger partial charge in [-0.1, -0.05) is 11.3 Å². The molecule has 1 heterocycles. The van der Waals surface area contributed by atoms with Crippen molar-refractivity contribution in [2.45, 2.75) is 19.4 Å². The number of carbonyl (C=O) groups excluding carboxylic acids is 1. The second kappa shape index (κ2) is 7.50. The van der Waals surface area contributed by atoms with Gasteiger partial charge in [-0.3, -0.25) is 4.72 Å². The maximum atomic E-state index is 12.3. The summed E-state index contributed by atoms with van der Waals surface area (Å²) in [4.78, 5) is 16.1. The highest BCUT2D eigenvalue weighted by Crippen LogP contribution is 2.31. The van der Waals surface area contributed by atoms with Gasteiger partial charge in [0.1, 0.15) is 10.6 Å². The smallest absolute Gasteiger partial charge is 0.462 e. The lowest BCUT2D eigenvalue weighted by molar-refractivity contribution is -0.0429. The number of aryl methyl sites for hydroxylation is 1. The van der Waals surface area contributed by atoms with E-state index in [1.165, 1.54) is 16.9 Å². The molecule has 2 aromatic rings. The maximum absolute atomic E-state index is 12.3. The molecule has 12 heteroatoms. The van der Waals surface area contributed by atoms with E-state index in [0.717, 1.165) is 23.5 Å². The van der Waals surface area contributed by atoms with Gasteiger partial charge in [0.15, 0.2) is 0 Å². The molecule has 0 saturated heterocycles. The Bertz CT molecular complexity index is 892. The number of nitrogens with zero attached hydrogens (tertiary/aromatic N) is 1. The molecule has 0 aliphatic rings. The summed E-state index contributed by atoms with van der Waals surface area (Å²) in [5.41, 5.74) is -5.28. The highest BCUT2D eigenvalue weighted by Gasteiger charge is 2.46. The minimum atomic E-state index is -5.49. The Balaban J connectivity index is 2.11. The number of halogens is 3. The van der Waals surface area contributed by atoms with Gasteiger partial charge in [-0.2, -0.15) is 21.6 Å². The van der Waals surface area contributed by atoms with E-state index in [1.807, 2.05) is 0 Å². The Morgan fingerprint density at radius 2 is 1.88 bits per heavy atom. The summed E-state index contributed by atoms with van der Waals surface area (Å²) in [6.45, 7) is 3.48. The maximum Gasteiger partial charge on any atom is 0.516 e. The summed E-state index contributed by atoms with van der Waals surface area (Å²) in [7, 11) is -5.49. The Hall–Kier alpha value is -2.34. The lowest BCUT2D eigenvalue weighted by atomic mass is 10.3. The Kier molecular flexibility index (Phi) is 5.76. The fourth-order valence-electron chi connectivity index (χ4n) is 1.71. The summed E-state index contributed by atoms with van der Waals surface area (Å²) < 4.78 is 70.8. The second-order valence-corrected chi connectivity index (χ2v) is 7.43. The van der Waals surface area contributed by atoms with E-state index in [-0.39, 0.29) is 28.1 Å². The zero-order chi connectivity index (χ0) is 19.5. The third-order valence-electron chi connectivity index (χ3n) is 2.85. The number of aromatic nitrogens is 1. The number of hydrogen-bond donors (Lipinski definition) is 1. The van der Waals surface area contributed by atoms with Crippen molar-refractivity contribution in [1.82, 2.24) is 4.98 Å². The van der Waals surface area contributed by atoms with Crippen LogP contribution < -0.4 is 9.46 Å². The lowest BCUT2D eigenvalue weighted by Crippen LogP contribution is -2.29. The molecule has 0 aliphatic carbocycles. The first-order valence-electron chi connectivity index (χ1n) is 7.05. The second-order valence-electron chi connectivity index (χ2n) is 4.79. The number of nitrogens with one attached hydrogen (secondary N) is 1. The van der Waals surface area contributed by atoms with Crippen LogP contribution in [-0.2, 0) is 14.8 Å². The van der Waals surface area contributed by atoms with Crippen molar-refractivity contribution in [2.24, 2.45) is 0 Å². The van der Waals surface area contributed by atoms with Crippen LogP contribution >= 0.6 is 11.3 Å². The molecule has 0 saturated carbocycles. The first-order valence-corrected chi connectivity index (χ1v) is 9.35. The van der Waals surface area contributed by atoms with Crippen LogP contribution in [0.15, 0.2) is 24.3 Å². The summed E-state index contributed by atoms with van der Waals surface area (Å²) >= 11 is 0.952. The zero-order valence-corrected chi connectivity index (χ0v) is 15.1. The molecule has 1 aromatic heterocycles. The minimum absolute atomic E-state index is 0.133. The van der Waals surface area contributed by atoms with E-state index in [9.17, 15) is 26.4 Å². The SMILES string of the molecule is CCOC(=O)c1sc(Oc2ccc(NS(=O)(=O)C(F)(F)F)cc2)nc1C. The monoisotopic (exact) mass is 410 g/mol. The molecule has 0 radical (unpaired) electrons. The van der Waals surface area contributed by atoms with Gasteiger partial charge in [-0.05, 0) is 38.1 Å². The van der Waals surface area contributed by atoms with Crippen LogP contribution in [0, 0.1) is 6.92 Å². The van der Waals surface area contributed by atoms with E-state index >= 15 is 0 Å². The van der Waals surface area contributed by atoms with Gasteiger partial charge in [0.05, 0.1) is 12.3 Å². The number of carbonyl (C=O) groups is 1. The number of ether oxygens (including phenoxy) is 2. The van der Waals surface area contributed by atoms with Gasteiger partial charge >= 0.3 is 21.5 Å². The number of benzene rings is 1. The molecule has 0 fully saturated rings. The molecular weight excluding hydrogens is 397 g/mol. The topological polar surface area (TPSA) is 94.6 Å². The van der Waals surface area contributed by atoms with E-state index < -0.39 is 21.5 Å². The van der Waals surface area contributed by atoms with Crippen LogP contribution in [0.2, 0.25) is 0 Å². The highest BCUT2D eigenvalue weighted by molar-refractivity contribution is 7.93. The molecule has 2 rings (SSSR count). The van der Waals surface area contributed by atoms with E-state index in [2.05, 4.69) is 4.98 Å². The molecule has 0 amide bonds. The molecule has 0 aliphatic heterocycles. The van der Waals surface area contributed by atoms with Gasteiger partial charge in [0, 0.05) is 5.69 Å². The zero-order valence-electron chi connectivity index (χ0n) is 13.5. The van der Waals surface area contributed by atoms with Gasteiger partial charge in [-0.25, -0.2) is 9.78 Å². The predicted octanol–water partition coefficient (Wildman–Crippen LogP) is 3.68. The molecule has 0 spiro atoms. The van der Waals surface area contributed by atoms with Crippen molar-refractivity contribution >= 4 is 33.0 Å². The van der Waals surface area contributed by atoms with Gasteiger partial charge in [0.25, 0.3) is 5.19 Å². The molecule has 1 aromatic carbocycles. The molecule has 1 N–H and O–H groups in total. The van der Waals surface area contributed by atoms with Crippen molar-refractivity contribution in [2.75, 3.05) is 11.3 Å². The number of sulfonamides is 1. The van der Waals surface area contributed by atoms with Crippen LogP contribution in [0.3, 0.4) is 0 Å². The fraction of sp³-hybridized carbons (Fsp3) is 0.286. The van der Waals surface area contributed by atoms with E-state index in [1.54, 1.807) is 13.8 Å². The molecule has 7 nitrogen and oxygen atoms in total. The summed E-state index contributed by atoms with van der Waals surface area (Å²) in [6.07, 6.45) is 0. The fourth-order valence-corrected chi connectivity index (χ4v) is 3.10. The largest absolute Gasteiger partial charge is 0.516 e. The van der Waals surface area contributed by atoms with Crippen LogP contribution in [0.25, 0.3) is 0 Å². The van der Waals surface area contributed by atoms with Crippen molar-refractivity contribution < 1.29 is 35.9 Å². The minimum Gasteiger partial charge on any atom is -0.462 e. The third kappa shape index (κ3) is 4.64. The number of esters is 1. The van der Waals surface area contributed by atoms with Gasteiger partial charge < -0.3 is 9.47 Å². The number of thiazole rings is 1. The van der Waals surface area contributed by atoms with Crippen molar-refractivity contribution in [1.29, 1.82) is 0 Å². The Morgan fingerprint density at radius 3 is 2.42 bits per heavy atom. The Labute approximate surface area is 150 Å². The van der Waals surface area contributed by atoms with Crippen molar-refractivity contribution in [3.8, 4) is 10.9 Å². The third-order valence-corrected chi connectivity index (χ3v) is 4.98. The molecule has 0 unspecified atom stereocenters. The summed E-state index contributed by atoms with van der Waals surface area (Å²) in [6, 6.07) is 4.72. The van der Waals surface area contributed by atoms with Gasteiger partial charge in [0.2, 0.25) is 0 Å². The predicted molar refractivity (Wildman–Crippen MR) is 87.9 cm³/mol. The van der Waals surface area contributed by atoms with Crippen LogP contribution in [0.4, 0.5) is 18.9 Å². The van der Waals surface area contributed by atoms with E-state index in [0.29, 0.717) is 5.69 Å². The van der Waals surface area contributed by atoms with Crippen LogP contribution in [-0.4, -0.2) is 31.5 Å². The first kappa shape index (κ1) is 20.0. The summed E-state index contributed by atoms with van der Waals surface area (Å²) in [5, 5.41) is 0.133. The van der Waals surface area contributed by atoms with Crippen molar-refractivity contribution in [3.63, 3.8) is 0 Å². The molecule has 142 valence electrons. The van der Waals surface area contributed by atoms with E-state index in [4.69, 9.17) is 9.47 Å². The Morgan fingerprint density at radius 1 is 1.27 bits per heavy atom. The average molecular weight is 410 g/mol. The van der Waals surface area contributed by atoms with Gasteiger partial charge in [-0.15, -0.1) is 0 Å². The summed E-state index contributed by atoms with van der Waals surface area (Å²) in [5.74, 6) is -0.335. The molecule has 26 heavy (non-hydrogen) atoms. The average Bonchev–Trinajstić information content (AvgIpc) is 2.89. The lowest BCUT2D eigenvalue weighted by Gasteiger charge is -2.10. The quantitative estimate of drug-likeness (QED) is 0.730. The van der Waals surface area contributed by atoms with Crippen LogP contribution in [0.1, 0.15) is 22.3 Å². The molecular formula is C14H13F3N2O5S2. The first-order chi connectivity index (χ1) is 12.0. The normalized spacial score (nSPS) is 11.9. The highest BCUT2D eigenvalue weighted by atomic mass is 32.2. The number of rotatable bonds is 6. The number of alkyl halides is 3. The van der Waals surface area contributed by atoms with Crippen LogP contribution in [0.5, 0.6) is 10.9 Å². The molecule has 0 atom stereocenters. The van der Waals surface area contributed by atoms with Crippen molar-refractivity contribution in [3.05, 3.63) is 34.8 Å². The number of anilines is 1.